The fraction of sp³-hybridized carbons (Fsp3) is 0.938. The van der Waals surface area contributed by atoms with E-state index in [9.17, 15) is 13.2 Å². The Kier molecular flexibility index (Phi) is 6.69. The molecular formula is C16H32N4O4S. The molecule has 0 bridgehead atoms. The Morgan fingerprint density at radius 1 is 1.08 bits per heavy atom. The number of amides is 1. The maximum absolute atomic E-state index is 13.0. The number of hydrogen-bond donors (Lipinski definition) is 1. The van der Waals surface area contributed by atoms with Gasteiger partial charge in [0.05, 0.1) is 6.04 Å². The molecule has 1 atom stereocenters. The fourth-order valence-electron chi connectivity index (χ4n) is 3.25. The Hall–Kier alpha value is -0.900. The average molecular weight is 377 g/mol. The summed E-state index contributed by atoms with van der Waals surface area (Å²) in [7, 11) is -3.55. The summed E-state index contributed by atoms with van der Waals surface area (Å²) in [5.41, 5.74) is 5.26. The second-order valence-electron chi connectivity index (χ2n) is 7.75. The first-order chi connectivity index (χ1) is 11.6. The molecule has 0 radical (unpaired) electrons. The van der Waals surface area contributed by atoms with Gasteiger partial charge >= 0.3 is 6.09 Å². The molecule has 0 spiro atoms. The van der Waals surface area contributed by atoms with Crippen molar-refractivity contribution in [2.45, 2.75) is 58.1 Å². The second-order valence-corrected chi connectivity index (χ2v) is 9.63. The molecule has 25 heavy (non-hydrogen) atoms. The van der Waals surface area contributed by atoms with Crippen LogP contribution in [0.15, 0.2) is 0 Å². The van der Waals surface area contributed by atoms with E-state index >= 15 is 0 Å². The van der Waals surface area contributed by atoms with Crippen molar-refractivity contribution in [3.63, 3.8) is 0 Å². The van der Waals surface area contributed by atoms with E-state index in [4.69, 9.17) is 10.5 Å². The molecule has 0 aromatic heterocycles. The van der Waals surface area contributed by atoms with Crippen molar-refractivity contribution in [2.75, 3.05) is 39.3 Å². The molecule has 146 valence electrons. The summed E-state index contributed by atoms with van der Waals surface area (Å²) >= 11 is 0. The molecular weight excluding hydrogens is 344 g/mol. The number of carbonyl (C=O) groups excluding carboxylic acids is 1. The SMILES string of the molecule is CC(C)(C)OC(=O)N1CCN(S(=O)(=O)N2CCCCCC2)C(CN)C1. The summed E-state index contributed by atoms with van der Waals surface area (Å²) in [6.07, 6.45) is 3.50. The van der Waals surface area contributed by atoms with Gasteiger partial charge in [0.15, 0.2) is 0 Å². The molecule has 9 heteroatoms. The molecule has 0 saturated carbocycles. The molecule has 2 aliphatic rings. The second kappa shape index (κ2) is 8.20. The van der Waals surface area contributed by atoms with Crippen LogP contribution >= 0.6 is 0 Å². The van der Waals surface area contributed by atoms with Crippen molar-refractivity contribution < 1.29 is 17.9 Å². The number of carbonyl (C=O) groups is 1. The Morgan fingerprint density at radius 2 is 1.68 bits per heavy atom. The molecule has 8 nitrogen and oxygen atoms in total. The number of nitrogens with two attached hydrogens (primary N) is 1. The van der Waals surface area contributed by atoms with Gasteiger partial charge in [-0.25, -0.2) is 4.79 Å². The van der Waals surface area contributed by atoms with Crippen molar-refractivity contribution in [1.82, 2.24) is 13.5 Å². The Morgan fingerprint density at radius 3 is 2.20 bits per heavy atom. The highest BCUT2D eigenvalue weighted by Gasteiger charge is 2.40. The third-order valence-electron chi connectivity index (χ3n) is 4.54. The van der Waals surface area contributed by atoms with E-state index in [-0.39, 0.29) is 19.6 Å². The first-order valence-corrected chi connectivity index (χ1v) is 10.5. The topological polar surface area (TPSA) is 96.2 Å². The first-order valence-electron chi connectivity index (χ1n) is 9.10. The molecule has 0 aliphatic carbocycles. The van der Waals surface area contributed by atoms with Crippen LogP contribution < -0.4 is 5.73 Å². The lowest BCUT2D eigenvalue weighted by atomic mass is 10.2. The van der Waals surface area contributed by atoms with E-state index in [1.807, 2.05) is 20.8 Å². The lowest BCUT2D eigenvalue weighted by molar-refractivity contribution is 0.0133. The van der Waals surface area contributed by atoms with Gasteiger partial charge in [0.25, 0.3) is 10.2 Å². The van der Waals surface area contributed by atoms with Crippen LogP contribution in [0.4, 0.5) is 4.79 Å². The Balaban J connectivity index is 2.07. The highest BCUT2D eigenvalue weighted by molar-refractivity contribution is 7.86. The third-order valence-corrected chi connectivity index (χ3v) is 6.63. The predicted octanol–water partition coefficient (Wildman–Crippen LogP) is 0.987. The maximum atomic E-state index is 13.0. The monoisotopic (exact) mass is 376 g/mol. The van der Waals surface area contributed by atoms with Crippen LogP contribution in [0.3, 0.4) is 0 Å². The molecule has 2 saturated heterocycles. The van der Waals surface area contributed by atoms with Crippen molar-refractivity contribution >= 4 is 16.3 Å². The predicted molar refractivity (Wildman–Crippen MR) is 96.3 cm³/mol. The normalized spacial score (nSPS) is 24.8. The number of nitrogens with zero attached hydrogens (tertiary/aromatic N) is 3. The lowest BCUT2D eigenvalue weighted by Crippen LogP contribution is -2.61. The number of hydrogen-bond acceptors (Lipinski definition) is 5. The molecule has 0 aromatic rings. The number of piperazine rings is 1. The van der Waals surface area contributed by atoms with Crippen LogP contribution in [0.25, 0.3) is 0 Å². The highest BCUT2D eigenvalue weighted by Crippen LogP contribution is 2.22. The van der Waals surface area contributed by atoms with Crippen molar-refractivity contribution in [1.29, 1.82) is 0 Å². The standard InChI is InChI=1S/C16H32N4O4S/c1-16(2,3)24-15(21)18-10-11-20(14(12-17)13-18)25(22,23)19-8-6-4-5-7-9-19/h14H,4-13,17H2,1-3H3. The lowest BCUT2D eigenvalue weighted by Gasteiger charge is -2.41. The maximum Gasteiger partial charge on any atom is 0.410 e. The van der Waals surface area contributed by atoms with E-state index in [1.165, 1.54) is 4.31 Å². The molecule has 2 aliphatic heterocycles. The minimum atomic E-state index is -3.55. The van der Waals surface area contributed by atoms with Crippen molar-refractivity contribution in [2.24, 2.45) is 5.73 Å². The van der Waals surface area contributed by atoms with Crippen LogP contribution in [0, 0.1) is 0 Å². The van der Waals surface area contributed by atoms with E-state index in [1.54, 1.807) is 9.21 Å². The van der Waals surface area contributed by atoms with E-state index in [2.05, 4.69) is 0 Å². The van der Waals surface area contributed by atoms with Crippen LogP contribution in [0.5, 0.6) is 0 Å². The summed E-state index contributed by atoms with van der Waals surface area (Å²) in [5.74, 6) is 0. The van der Waals surface area contributed by atoms with Gasteiger partial charge in [0.2, 0.25) is 0 Å². The van der Waals surface area contributed by atoms with Crippen LogP contribution in [-0.4, -0.2) is 78.9 Å². The highest BCUT2D eigenvalue weighted by atomic mass is 32.2. The van der Waals surface area contributed by atoms with Gasteiger partial charge in [0, 0.05) is 39.3 Å². The molecule has 2 N–H and O–H groups in total. The van der Waals surface area contributed by atoms with Gasteiger partial charge < -0.3 is 15.4 Å². The smallest absolute Gasteiger partial charge is 0.410 e. The Bertz CT molecular complexity index is 553. The molecule has 2 fully saturated rings. The van der Waals surface area contributed by atoms with Crippen LogP contribution in [-0.2, 0) is 14.9 Å². The van der Waals surface area contributed by atoms with Gasteiger partial charge in [-0.1, -0.05) is 12.8 Å². The summed E-state index contributed by atoms with van der Waals surface area (Å²) < 4.78 is 34.5. The first kappa shape index (κ1) is 20.4. The van der Waals surface area contributed by atoms with Crippen LogP contribution in [0.2, 0.25) is 0 Å². The van der Waals surface area contributed by atoms with E-state index < -0.39 is 27.9 Å². The van der Waals surface area contributed by atoms with E-state index in [0.717, 1.165) is 25.7 Å². The fourth-order valence-corrected chi connectivity index (χ4v) is 5.11. The van der Waals surface area contributed by atoms with Gasteiger partial charge in [-0.05, 0) is 33.6 Å². The summed E-state index contributed by atoms with van der Waals surface area (Å²) in [6, 6.07) is -0.422. The Labute approximate surface area is 151 Å². The molecule has 2 rings (SSSR count). The number of rotatable bonds is 3. The van der Waals surface area contributed by atoms with Gasteiger partial charge in [0.1, 0.15) is 5.60 Å². The molecule has 2 heterocycles. The minimum absolute atomic E-state index is 0.173. The minimum Gasteiger partial charge on any atom is -0.444 e. The third kappa shape index (κ3) is 5.29. The average Bonchev–Trinajstić information content (AvgIpc) is 2.82. The van der Waals surface area contributed by atoms with Gasteiger partial charge in [-0.3, -0.25) is 0 Å². The zero-order valence-electron chi connectivity index (χ0n) is 15.6. The quantitative estimate of drug-likeness (QED) is 0.792. The van der Waals surface area contributed by atoms with Crippen LogP contribution in [0.1, 0.15) is 46.5 Å². The zero-order chi connectivity index (χ0) is 18.7. The summed E-state index contributed by atoms with van der Waals surface area (Å²) in [5, 5.41) is 0. The van der Waals surface area contributed by atoms with E-state index in [0.29, 0.717) is 19.6 Å². The summed E-state index contributed by atoms with van der Waals surface area (Å²) in [4.78, 5) is 13.8. The summed E-state index contributed by atoms with van der Waals surface area (Å²) in [6.45, 7) is 7.56. The van der Waals surface area contributed by atoms with Crippen molar-refractivity contribution in [3.8, 4) is 0 Å². The van der Waals surface area contributed by atoms with Gasteiger partial charge in [-0.2, -0.15) is 17.0 Å². The van der Waals surface area contributed by atoms with Gasteiger partial charge in [-0.15, -0.1) is 0 Å². The molecule has 0 aromatic carbocycles. The van der Waals surface area contributed by atoms with Crippen molar-refractivity contribution in [3.05, 3.63) is 0 Å². The largest absolute Gasteiger partial charge is 0.444 e. The molecule has 1 unspecified atom stereocenters. The zero-order valence-corrected chi connectivity index (χ0v) is 16.4. The number of ether oxygens (including phenoxy) is 1. The molecule has 1 amide bonds.